The molecule has 0 aromatic heterocycles. The van der Waals surface area contributed by atoms with Crippen LogP contribution in [0.1, 0.15) is 22.3 Å². The number of carboxylic acid groups (broad SMARTS) is 1. The molecule has 0 aliphatic rings. The molecule has 0 fully saturated rings. The van der Waals surface area contributed by atoms with E-state index < -0.39 is 5.97 Å². The molecule has 0 bridgehead atoms. The van der Waals surface area contributed by atoms with E-state index in [1.807, 2.05) is 0 Å². The quantitative estimate of drug-likeness (QED) is 0.897. The summed E-state index contributed by atoms with van der Waals surface area (Å²) in [5.74, 6) is -1.11. The van der Waals surface area contributed by atoms with Crippen molar-refractivity contribution in [1.29, 1.82) is 0 Å². The topological polar surface area (TPSA) is 57.6 Å². The van der Waals surface area contributed by atoms with Gasteiger partial charge in [-0.25, -0.2) is 0 Å². The number of carboxylic acids is 1. The zero-order valence-electron chi connectivity index (χ0n) is 9.74. The second-order valence-corrected chi connectivity index (χ2v) is 4.27. The van der Waals surface area contributed by atoms with E-state index in [4.69, 9.17) is 16.7 Å². The van der Waals surface area contributed by atoms with Gasteiger partial charge >= 0.3 is 5.97 Å². The third kappa shape index (κ3) is 3.75. The smallest absolute Gasteiger partial charge is 0.305 e. The fourth-order valence-electron chi connectivity index (χ4n) is 1.44. The van der Waals surface area contributed by atoms with Crippen LogP contribution in [0.5, 0.6) is 0 Å². The van der Waals surface area contributed by atoms with Gasteiger partial charge in [0.05, 0.1) is 6.42 Å². The maximum atomic E-state index is 12.0. The monoisotopic (exact) mass is 255 g/mol. The second-order valence-electron chi connectivity index (χ2n) is 3.83. The molecule has 0 aliphatic heterocycles. The molecule has 0 radical (unpaired) electrons. The van der Waals surface area contributed by atoms with Gasteiger partial charge in [0.1, 0.15) is 0 Å². The van der Waals surface area contributed by atoms with Crippen molar-refractivity contribution in [1.82, 2.24) is 4.90 Å². The van der Waals surface area contributed by atoms with E-state index in [1.54, 1.807) is 32.2 Å². The molecule has 4 nitrogen and oxygen atoms in total. The Kier molecular flexibility index (Phi) is 4.52. The minimum atomic E-state index is -0.919. The van der Waals surface area contributed by atoms with Crippen LogP contribution in [-0.4, -0.2) is 35.5 Å². The van der Waals surface area contributed by atoms with Crippen LogP contribution in [0.3, 0.4) is 0 Å². The summed E-state index contributed by atoms with van der Waals surface area (Å²) < 4.78 is 0. The van der Waals surface area contributed by atoms with Gasteiger partial charge in [-0.15, -0.1) is 0 Å². The molecule has 0 atom stereocenters. The molecule has 5 heteroatoms. The zero-order valence-corrected chi connectivity index (χ0v) is 10.5. The number of benzene rings is 1. The third-order valence-electron chi connectivity index (χ3n) is 2.43. The SMILES string of the molecule is Cc1cc(Cl)ccc1C(=O)N(C)CCC(=O)O. The van der Waals surface area contributed by atoms with Crippen molar-refractivity contribution in [3.63, 3.8) is 0 Å². The molecule has 1 rings (SSSR count). The summed E-state index contributed by atoms with van der Waals surface area (Å²) in [5, 5.41) is 9.13. The van der Waals surface area contributed by atoms with Crippen molar-refractivity contribution >= 4 is 23.5 Å². The van der Waals surface area contributed by atoms with Crippen LogP contribution in [0.2, 0.25) is 5.02 Å². The Balaban J connectivity index is 2.78. The Bertz CT molecular complexity index is 445. The van der Waals surface area contributed by atoms with Crippen molar-refractivity contribution < 1.29 is 14.7 Å². The lowest BCUT2D eigenvalue weighted by Crippen LogP contribution is -2.29. The number of carbonyl (C=O) groups excluding carboxylic acids is 1. The Morgan fingerprint density at radius 2 is 2.06 bits per heavy atom. The van der Waals surface area contributed by atoms with Crippen molar-refractivity contribution in [2.45, 2.75) is 13.3 Å². The van der Waals surface area contributed by atoms with Gasteiger partial charge in [0.2, 0.25) is 0 Å². The van der Waals surface area contributed by atoms with E-state index >= 15 is 0 Å². The summed E-state index contributed by atoms with van der Waals surface area (Å²) >= 11 is 5.80. The number of hydrogen-bond donors (Lipinski definition) is 1. The molecule has 0 unspecified atom stereocenters. The minimum absolute atomic E-state index is 0.0606. The lowest BCUT2D eigenvalue weighted by Gasteiger charge is -2.17. The summed E-state index contributed by atoms with van der Waals surface area (Å²) in [4.78, 5) is 23.8. The fraction of sp³-hybridized carbons (Fsp3) is 0.333. The number of amides is 1. The molecule has 92 valence electrons. The summed E-state index contributed by atoms with van der Waals surface area (Å²) in [6.07, 6.45) is -0.0606. The zero-order chi connectivity index (χ0) is 13.0. The van der Waals surface area contributed by atoms with Crippen LogP contribution >= 0.6 is 11.6 Å². The number of rotatable bonds is 4. The predicted octanol–water partition coefficient (Wildman–Crippen LogP) is 2.20. The average Bonchev–Trinajstić information content (AvgIpc) is 2.25. The molecule has 1 aromatic carbocycles. The third-order valence-corrected chi connectivity index (χ3v) is 2.66. The van der Waals surface area contributed by atoms with Gasteiger partial charge in [-0.2, -0.15) is 0 Å². The Morgan fingerprint density at radius 3 is 2.59 bits per heavy atom. The van der Waals surface area contributed by atoms with E-state index in [2.05, 4.69) is 0 Å². The van der Waals surface area contributed by atoms with Crippen molar-refractivity contribution in [2.24, 2.45) is 0 Å². The van der Waals surface area contributed by atoms with E-state index in [-0.39, 0.29) is 18.9 Å². The molecule has 0 saturated heterocycles. The number of aryl methyl sites for hydroxylation is 1. The number of carbonyl (C=O) groups is 2. The standard InChI is InChI=1S/C12H14ClNO3/c1-8-7-9(13)3-4-10(8)12(17)14(2)6-5-11(15)16/h3-4,7H,5-6H2,1-2H3,(H,15,16). The molecule has 0 saturated carbocycles. The molecular weight excluding hydrogens is 242 g/mol. The summed E-state index contributed by atoms with van der Waals surface area (Å²) in [5.41, 5.74) is 1.33. The largest absolute Gasteiger partial charge is 0.481 e. The van der Waals surface area contributed by atoms with E-state index in [9.17, 15) is 9.59 Å². The van der Waals surface area contributed by atoms with Gasteiger partial charge in [-0.3, -0.25) is 9.59 Å². The highest BCUT2D eigenvalue weighted by molar-refractivity contribution is 6.30. The maximum absolute atomic E-state index is 12.0. The Labute approximate surface area is 105 Å². The molecule has 0 aliphatic carbocycles. The van der Waals surface area contributed by atoms with Crippen LogP contribution in [0.25, 0.3) is 0 Å². The van der Waals surface area contributed by atoms with Gasteiger partial charge in [-0.1, -0.05) is 11.6 Å². The average molecular weight is 256 g/mol. The number of nitrogens with zero attached hydrogens (tertiary/aromatic N) is 1. The Hall–Kier alpha value is -1.55. The fourth-order valence-corrected chi connectivity index (χ4v) is 1.66. The molecule has 0 heterocycles. The first-order valence-electron chi connectivity index (χ1n) is 5.15. The van der Waals surface area contributed by atoms with Gasteiger partial charge in [0.15, 0.2) is 0 Å². The van der Waals surface area contributed by atoms with E-state index in [1.165, 1.54) is 4.90 Å². The number of halogens is 1. The molecule has 1 amide bonds. The van der Waals surface area contributed by atoms with Crippen LogP contribution < -0.4 is 0 Å². The van der Waals surface area contributed by atoms with Gasteiger partial charge < -0.3 is 10.0 Å². The van der Waals surface area contributed by atoms with Gasteiger partial charge in [-0.05, 0) is 30.7 Å². The molecular formula is C12H14ClNO3. The molecule has 17 heavy (non-hydrogen) atoms. The maximum Gasteiger partial charge on any atom is 0.305 e. The van der Waals surface area contributed by atoms with E-state index in [0.717, 1.165) is 5.56 Å². The predicted molar refractivity (Wildman–Crippen MR) is 65.4 cm³/mol. The van der Waals surface area contributed by atoms with E-state index in [0.29, 0.717) is 10.6 Å². The van der Waals surface area contributed by atoms with Crippen LogP contribution in [0.15, 0.2) is 18.2 Å². The normalized spacial score (nSPS) is 10.1. The molecule has 1 aromatic rings. The minimum Gasteiger partial charge on any atom is -0.481 e. The lowest BCUT2D eigenvalue weighted by atomic mass is 10.1. The van der Waals surface area contributed by atoms with Crippen molar-refractivity contribution in [3.8, 4) is 0 Å². The first-order chi connectivity index (χ1) is 7.91. The first-order valence-corrected chi connectivity index (χ1v) is 5.53. The van der Waals surface area contributed by atoms with Gasteiger partial charge in [0, 0.05) is 24.2 Å². The van der Waals surface area contributed by atoms with Crippen LogP contribution in [0.4, 0.5) is 0 Å². The first kappa shape index (κ1) is 13.5. The number of aliphatic carboxylic acids is 1. The molecule has 0 spiro atoms. The van der Waals surface area contributed by atoms with Gasteiger partial charge in [0.25, 0.3) is 5.91 Å². The summed E-state index contributed by atoms with van der Waals surface area (Å²) in [6.45, 7) is 1.99. The lowest BCUT2D eigenvalue weighted by molar-refractivity contribution is -0.137. The van der Waals surface area contributed by atoms with Crippen molar-refractivity contribution in [2.75, 3.05) is 13.6 Å². The summed E-state index contributed by atoms with van der Waals surface area (Å²) in [6, 6.07) is 5.00. The molecule has 1 N–H and O–H groups in total. The summed E-state index contributed by atoms with van der Waals surface area (Å²) in [7, 11) is 1.58. The van der Waals surface area contributed by atoms with Crippen LogP contribution in [-0.2, 0) is 4.79 Å². The van der Waals surface area contributed by atoms with Crippen LogP contribution in [0, 0.1) is 6.92 Å². The highest BCUT2D eigenvalue weighted by atomic mass is 35.5. The highest BCUT2D eigenvalue weighted by Gasteiger charge is 2.14. The highest BCUT2D eigenvalue weighted by Crippen LogP contribution is 2.16. The number of hydrogen-bond acceptors (Lipinski definition) is 2. The second kappa shape index (κ2) is 5.68. The van der Waals surface area contributed by atoms with Crippen molar-refractivity contribution in [3.05, 3.63) is 34.3 Å². The Morgan fingerprint density at radius 1 is 1.41 bits per heavy atom.